The summed E-state index contributed by atoms with van der Waals surface area (Å²) < 4.78 is 42.1. The van der Waals surface area contributed by atoms with Gasteiger partial charge in [0.25, 0.3) is 10.1 Å². The SMILES string of the molecule is CCCCC[N+]1=C(C=CC2=C(Oc3ccc(CCCC(=O)CC[C@H](NC(=O)NCCCC(=O)O)C(=O)O)cc3)C(=CC=C3N(CCCCS(=O)(=O)O)c4ccccc4C3(C)C)CCC2)C(C)(C)c2ccccc21. The monoisotopic (exact) mass is 1020 g/mol. The number of allylic oxidation sites excluding steroid dienone is 7. The second-order valence-electron chi connectivity index (χ2n) is 20.4. The Balaban J connectivity index is 1.23. The molecular weight excluding hydrogens is 945 g/mol. The minimum Gasteiger partial charge on any atom is -0.481 e. The summed E-state index contributed by atoms with van der Waals surface area (Å²) >= 11 is 0. The highest BCUT2D eigenvalue weighted by molar-refractivity contribution is 7.85. The van der Waals surface area contributed by atoms with Crippen LogP contribution in [0, 0.1) is 0 Å². The maximum atomic E-state index is 12.9. The van der Waals surface area contributed by atoms with Gasteiger partial charge in [-0.3, -0.25) is 14.1 Å². The van der Waals surface area contributed by atoms with Crippen molar-refractivity contribution in [2.45, 2.75) is 148 Å². The summed E-state index contributed by atoms with van der Waals surface area (Å²) in [4.78, 5) is 49.8. The molecule has 3 aliphatic rings. The summed E-state index contributed by atoms with van der Waals surface area (Å²) in [5.41, 5.74) is 9.81. The number of ketones is 1. The van der Waals surface area contributed by atoms with Crippen LogP contribution in [0.1, 0.15) is 141 Å². The molecule has 0 bridgehead atoms. The number of benzene rings is 3. The third-order valence-electron chi connectivity index (χ3n) is 14.2. The Kier molecular flexibility index (Phi) is 19.6. The molecule has 2 aliphatic heterocycles. The molecule has 3 aromatic carbocycles. The average molecular weight is 1020 g/mol. The Bertz CT molecular complexity index is 2750. The Morgan fingerprint density at radius 1 is 0.808 bits per heavy atom. The number of nitrogens with one attached hydrogen (secondary N) is 2. The highest BCUT2D eigenvalue weighted by atomic mass is 32.2. The number of fused-ring (bicyclic) bond motifs is 2. The van der Waals surface area contributed by atoms with E-state index in [1.807, 2.05) is 36.4 Å². The van der Waals surface area contributed by atoms with Gasteiger partial charge in [-0.1, -0.05) is 81.8 Å². The standard InChI is InChI=1S/C58H74N4O10S/c1-6-7-12-38-61-49-24-10-8-22-46(49)57(2,3)51(61)35-29-42-19-16-20-43(30-36-52-58(4,5)47-23-9-11-25-50(47)62(52)39-13-14-40-73(69,70)71)54(42)72-45-32-27-41(28-33-45)18-15-21-44(63)31-34-48(55(66)67)60-56(68)59-37-17-26-53(64)65/h8-11,22-25,27-30,32-33,35-36,48H,6-7,12-21,26,31,34,37-40H2,1-5H3,(H4-,59,60,64,65,66,67,68,69,70,71)/p+1/t48-/m0/s1. The highest BCUT2D eigenvalue weighted by Gasteiger charge is 2.44. The average Bonchev–Trinajstić information content (AvgIpc) is 3.70. The number of carboxylic acid groups (broad SMARTS) is 2. The van der Waals surface area contributed by atoms with Crippen LogP contribution >= 0.6 is 0 Å². The molecule has 0 saturated carbocycles. The van der Waals surface area contributed by atoms with Gasteiger partial charge in [0, 0.05) is 73.3 Å². The summed E-state index contributed by atoms with van der Waals surface area (Å²) in [6, 6.07) is 23.0. The van der Waals surface area contributed by atoms with Crippen molar-refractivity contribution in [1.29, 1.82) is 0 Å². The second kappa shape index (κ2) is 25.6. The van der Waals surface area contributed by atoms with Crippen molar-refractivity contribution in [2.75, 3.05) is 30.3 Å². The zero-order valence-electron chi connectivity index (χ0n) is 43.3. The molecular formula is C58H75N4O10S+. The number of aryl methyl sites for hydroxylation is 1. The Morgan fingerprint density at radius 2 is 1.53 bits per heavy atom. The minimum absolute atomic E-state index is 0.0124. The molecule has 6 rings (SSSR count). The number of para-hydroxylation sites is 2. The van der Waals surface area contributed by atoms with Gasteiger partial charge in [-0.2, -0.15) is 13.0 Å². The molecule has 3 aromatic rings. The Morgan fingerprint density at radius 3 is 2.25 bits per heavy atom. The van der Waals surface area contributed by atoms with Crippen molar-refractivity contribution in [2.24, 2.45) is 0 Å². The number of hydrogen-bond donors (Lipinski definition) is 5. The molecule has 0 unspecified atom stereocenters. The van der Waals surface area contributed by atoms with Gasteiger partial charge >= 0.3 is 18.0 Å². The van der Waals surface area contributed by atoms with Crippen LogP contribution in [0.3, 0.4) is 0 Å². The first-order valence-corrected chi connectivity index (χ1v) is 27.6. The highest BCUT2D eigenvalue weighted by Crippen LogP contribution is 2.48. The van der Waals surface area contributed by atoms with Crippen LogP contribution in [-0.2, 0) is 41.8 Å². The molecule has 73 heavy (non-hydrogen) atoms. The molecule has 0 fully saturated rings. The van der Waals surface area contributed by atoms with Crippen LogP contribution in [0.4, 0.5) is 16.2 Å². The van der Waals surface area contributed by atoms with E-state index < -0.39 is 34.1 Å². The minimum atomic E-state index is -4.06. The number of rotatable bonds is 27. The maximum Gasteiger partial charge on any atom is 0.326 e. The summed E-state index contributed by atoms with van der Waals surface area (Å²) in [7, 11) is -4.06. The lowest BCUT2D eigenvalue weighted by Gasteiger charge is -2.27. The number of nitrogens with zero attached hydrogens (tertiary/aromatic N) is 2. The third-order valence-corrected chi connectivity index (χ3v) is 15.0. The van der Waals surface area contributed by atoms with Gasteiger partial charge in [0.1, 0.15) is 29.9 Å². The maximum absolute atomic E-state index is 12.9. The lowest BCUT2D eigenvalue weighted by atomic mass is 9.81. The fourth-order valence-electron chi connectivity index (χ4n) is 10.2. The number of hydrogen-bond acceptors (Lipinski definition) is 8. The number of carboxylic acids is 2. The number of amides is 2. The van der Waals surface area contributed by atoms with E-state index in [4.69, 9.17) is 9.84 Å². The first-order chi connectivity index (χ1) is 34.8. The van der Waals surface area contributed by atoms with Gasteiger partial charge < -0.3 is 30.5 Å². The molecule has 2 amide bonds. The molecule has 0 saturated heterocycles. The number of ether oxygens (including phenoxy) is 1. The first kappa shape index (κ1) is 56.0. The fourth-order valence-corrected chi connectivity index (χ4v) is 10.8. The molecule has 1 atom stereocenters. The molecule has 0 radical (unpaired) electrons. The van der Waals surface area contributed by atoms with Crippen molar-refractivity contribution in [1.82, 2.24) is 10.6 Å². The second-order valence-corrected chi connectivity index (χ2v) is 22.0. The Hall–Kier alpha value is -6.32. The lowest BCUT2D eigenvalue weighted by Crippen LogP contribution is -2.46. The normalized spacial score (nSPS) is 17.5. The van der Waals surface area contributed by atoms with E-state index in [1.54, 1.807) is 0 Å². The molecule has 2 heterocycles. The van der Waals surface area contributed by atoms with Crippen molar-refractivity contribution in [3.63, 3.8) is 0 Å². The van der Waals surface area contributed by atoms with Crippen LogP contribution < -0.4 is 20.3 Å². The number of Topliss-reactive ketones (excluding diaryl/α,β-unsaturated/α-hetero) is 1. The van der Waals surface area contributed by atoms with Gasteiger partial charge in [-0.15, -0.1) is 0 Å². The predicted molar refractivity (Wildman–Crippen MR) is 287 cm³/mol. The summed E-state index contributed by atoms with van der Waals surface area (Å²) in [5.74, 6) is -1.15. The van der Waals surface area contributed by atoms with Crippen LogP contribution in [-0.4, -0.2) is 88.7 Å². The van der Waals surface area contributed by atoms with E-state index in [0.29, 0.717) is 38.0 Å². The number of carbonyl (C=O) groups is 4. The summed E-state index contributed by atoms with van der Waals surface area (Å²) in [6.45, 7) is 12.9. The van der Waals surface area contributed by atoms with Crippen molar-refractivity contribution in [3.8, 4) is 5.75 Å². The molecule has 5 N–H and O–H groups in total. The van der Waals surface area contributed by atoms with Crippen LogP contribution in [0.15, 0.2) is 120 Å². The molecule has 14 nitrogen and oxygen atoms in total. The lowest BCUT2D eigenvalue weighted by molar-refractivity contribution is -0.438. The van der Waals surface area contributed by atoms with E-state index in [1.165, 1.54) is 22.5 Å². The Labute approximate surface area is 431 Å². The van der Waals surface area contributed by atoms with E-state index in [9.17, 15) is 37.3 Å². The molecule has 15 heteroatoms. The predicted octanol–water partition coefficient (Wildman–Crippen LogP) is 10.9. The number of unbranched alkanes of at least 4 members (excludes halogenated alkanes) is 3. The summed E-state index contributed by atoms with van der Waals surface area (Å²) in [5, 5.41) is 23.2. The van der Waals surface area contributed by atoms with Gasteiger partial charge in [0.05, 0.1) is 11.2 Å². The molecule has 392 valence electrons. The quantitative estimate of drug-likeness (QED) is 0.0276. The van der Waals surface area contributed by atoms with Crippen molar-refractivity contribution in [3.05, 3.63) is 136 Å². The van der Waals surface area contributed by atoms with Gasteiger partial charge in [0.15, 0.2) is 5.71 Å². The van der Waals surface area contributed by atoms with E-state index >= 15 is 0 Å². The molecule has 0 spiro atoms. The fraction of sp³-hybridized carbons (Fsp3) is 0.466. The van der Waals surface area contributed by atoms with Crippen molar-refractivity contribution < 1.29 is 51.7 Å². The van der Waals surface area contributed by atoms with Crippen LogP contribution in [0.25, 0.3) is 0 Å². The number of urea groups is 1. The third kappa shape index (κ3) is 15.1. The molecule has 0 aromatic heterocycles. The largest absolute Gasteiger partial charge is 0.481 e. The first-order valence-electron chi connectivity index (χ1n) is 26.0. The zero-order chi connectivity index (χ0) is 52.8. The smallest absolute Gasteiger partial charge is 0.326 e. The molecule has 1 aliphatic carbocycles. The van der Waals surface area contributed by atoms with Gasteiger partial charge in [-0.25, -0.2) is 9.59 Å². The summed E-state index contributed by atoms with van der Waals surface area (Å²) in [6.07, 6.45) is 17.2. The van der Waals surface area contributed by atoms with Crippen LogP contribution in [0.2, 0.25) is 0 Å². The van der Waals surface area contributed by atoms with Crippen LogP contribution in [0.5, 0.6) is 5.75 Å². The van der Waals surface area contributed by atoms with E-state index in [-0.39, 0.29) is 61.0 Å². The van der Waals surface area contributed by atoms with E-state index in [2.05, 4.69) is 115 Å². The number of anilines is 1. The van der Waals surface area contributed by atoms with Gasteiger partial charge in [-0.05, 0) is 131 Å². The number of carbonyl (C=O) groups excluding carboxylic acids is 2. The topological polar surface area (TPSA) is 203 Å². The number of aliphatic carboxylic acids is 2. The van der Waals surface area contributed by atoms with Crippen molar-refractivity contribution >= 4 is 51.0 Å². The van der Waals surface area contributed by atoms with E-state index in [0.717, 1.165) is 78.9 Å². The van der Waals surface area contributed by atoms with Gasteiger partial charge in [0.2, 0.25) is 5.69 Å². The zero-order valence-corrected chi connectivity index (χ0v) is 44.1.